The first kappa shape index (κ1) is 22.4. The number of hydrogen-bond donors (Lipinski definition) is 1. The topological polar surface area (TPSA) is 79.7 Å². The number of benzene rings is 2. The second kappa shape index (κ2) is 8.42. The number of rotatable bonds is 5. The van der Waals surface area contributed by atoms with Crippen LogP contribution in [0.25, 0.3) is 22.0 Å². The molecule has 1 saturated carbocycles. The molecule has 1 saturated heterocycles. The highest BCUT2D eigenvalue weighted by Gasteiger charge is 2.60. The van der Waals surface area contributed by atoms with Crippen LogP contribution in [0.3, 0.4) is 0 Å². The molecule has 176 valence electrons. The van der Waals surface area contributed by atoms with Gasteiger partial charge in [0.1, 0.15) is 5.75 Å². The molecule has 1 aliphatic carbocycles. The van der Waals surface area contributed by atoms with Crippen molar-refractivity contribution in [3.05, 3.63) is 59.8 Å². The van der Waals surface area contributed by atoms with Crippen molar-refractivity contribution in [1.82, 2.24) is 9.88 Å². The third-order valence-corrected chi connectivity index (χ3v) is 7.53. The lowest BCUT2D eigenvalue weighted by Gasteiger charge is -2.35. The summed E-state index contributed by atoms with van der Waals surface area (Å²) in [6, 6.07) is 14.1. The van der Waals surface area contributed by atoms with Crippen LogP contribution >= 0.6 is 0 Å². The minimum absolute atomic E-state index is 0.0903. The minimum atomic E-state index is -0.748. The third-order valence-electron chi connectivity index (χ3n) is 7.53. The average molecular weight is 459 g/mol. The van der Waals surface area contributed by atoms with Crippen LogP contribution < -0.4 is 4.74 Å². The standard InChI is InChI=1S/C28H30N2O4/c1-17-6-4-7-18(2)25(17)22-10-12-29-24-14-20(8-9-21(22)24)34-19(3)26(31)30-13-5-11-28(16-30)15-23(28)27(32)33/h4,6-10,12,14,19,23H,5,11,13,15-16H2,1-3H3,(H,32,33). The van der Waals surface area contributed by atoms with Gasteiger partial charge in [0.25, 0.3) is 5.91 Å². The largest absolute Gasteiger partial charge is 0.481 e. The second-order valence-electron chi connectivity index (χ2n) is 9.89. The van der Waals surface area contributed by atoms with Crippen molar-refractivity contribution in [3.8, 4) is 16.9 Å². The molecule has 2 aliphatic rings. The Kier molecular flexibility index (Phi) is 5.54. The van der Waals surface area contributed by atoms with Crippen LogP contribution in [0.5, 0.6) is 5.75 Å². The maximum Gasteiger partial charge on any atom is 0.307 e. The highest BCUT2D eigenvalue weighted by Crippen LogP contribution is 2.58. The fourth-order valence-corrected chi connectivity index (χ4v) is 5.67. The first-order valence-electron chi connectivity index (χ1n) is 11.9. The van der Waals surface area contributed by atoms with Gasteiger partial charge in [-0.15, -0.1) is 0 Å². The Labute approximate surface area is 199 Å². The van der Waals surface area contributed by atoms with Crippen molar-refractivity contribution in [2.75, 3.05) is 13.1 Å². The minimum Gasteiger partial charge on any atom is -0.481 e. The van der Waals surface area contributed by atoms with Gasteiger partial charge in [0.15, 0.2) is 6.10 Å². The van der Waals surface area contributed by atoms with E-state index in [4.69, 9.17) is 4.74 Å². The molecule has 34 heavy (non-hydrogen) atoms. The summed E-state index contributed by atoms with van der Waals surface area (Å²) in [4.78, 5) is 30.9. The molecule has 6 nitrogen and oxygen atoms in total. The molecule has 1 spiro atoms. The van der Waals surface area contributed by atoms with Gasteiger partial charge in [-0.3, -0.25) is 14.6 Å². The Balaban J connectivity index is 1.34. The maximum absolute atomic E-state index is 13.1. The quantitative estimate of drug-likeness (QED) is 0.582. The van der Waals surface area contributed by atoms with E-state index in [0.29, 0.717) is 25.3 Å². The number of likely N-dealkylation sites (tertiary alicyclic amines) is 1. The summed E-state index contributed by atoms with van der Waals surface area (Å²) < 4.78 is 6.05. The van der Waals surface area contributed by atoms with E-state index in [0.717, 1.165) is 29.3 Å². The molecule has 3 unspecified atom stereocenters. The second-order valence-corrected chi connectivity index (χ2v) is 9.89. The van der Waals surface area contributed by atoms with Gasteiger partial charge in [0.05, 0.1) is 11.4 Å². The lowest BCUT2D eigenvalue weighted by molar-refractivity contribution is -0.143. The number of carbonyl (C=O) groups excluding carboxylic acids is 1. The van der Waals surface area contributed by atoms with Crippen LogP contribution in [0, 0.1) is 25.2 Å². The van der Waals surface area contributed by atoms with E-state index in [1.807, 2.05) is 30.5 Å². The van der Waals surface area contributed by atoms with Crippen molar-refractivity contribution < 1.29 is 19.4 Å². The van der Waals surface area contributed by atoms with Crippen LogP contribution in [0.15, 0.2) is 48.7 Å². The fraction of sp³-hybridized carbons (Fsp3) is 0.393. The monoisotopic (exact) mass is 458 g/mol. The van der Waals surface area contributed by atoms with Crippen molar-refractivity contribution in [2.45, 2.75) is 46.1 Å². The van der Waals surface area contributed by atoms with Gasteiger partial charge in [-0.2, -0.15) is 0 Å². The van der Waals surface area contributed by atoms with Gasteiger partial charge in [-0.25, -0.2) is 0 Å². The number of fused-ring (bicyclic) bond motifs is 1. The van der Waals surface area contributed by atoms with Gasteiger partial charge in [-0.05, 0) is 80.5 Å². The molecule has 2 aromatic carbocycles. The summed E-state index contributed by atoms with van der Waals surface area (Å²) in [6.45, 7) is 7.15. The number of amides is 1. The van der Waals surface area contributed by atoms with Crippen LogP contribution in [-0.4, -0.2) is 46.1 Å². The molecule has 0 radical (unpaired) electrons. The summed E-state index contributed by atoms with van der Waals surface area (Å²) in [5.74, 6) is -0.562. The molecule has 1 aromatic heterocycles. The van der Waals surface area contributed by atoms with E-state index in [-0.39, 0.29) is 17.2 Å². The number of aromatic nitrogens is 1. The van der Waals surface area contributed by atoms with E-state index in [9.17, 15) is 14.7 Å². The zero-order valence-electron chi connectivity index (χ0n) is 19.9. The van der Waals surface area contributed by atoms with E-state index in [1.165, 1.54) is 16.7 Å². The average Bonchev–Trinajstić information content (AvgIpc) is 3.51. The summed E-state index contributed by atoms with van der Waals surface area (Å²) in [5, 5.41) is 10.4. The molecule has 2 fully saturated rings. The highest BCUT2D eigenvalue weighted by atomic mass is 16.5. The van der Waals surface area contributed by atoms with Crippen LogP contribution in [0.1, 0.15) is 37.3 Å². The third kappa shape index (κ3) is 3.91. The fourth-order valence-electron chi connectivity index (χ4n) is 5.67. The maximum atomic E-state index is 13.1. The Morgan fingerprint density at radius 1 is 1.18 bits per heavy atom. The van der Waals surface area contributed by atoms with Gasteiger partial charge >= 0.3 is 5.97 Å². The first-order chi connectivity index (χ1) is 16.3. The molecule has 3 aromatic rings. The zero-order valence-corrected chi connectivity index (χ0v) is 19.9. The predicted octanol–water partition coefficient (Wildman–Crippen LogP) is 5.00. The van der Waals surface area contributed by atoms with Gasteiger partial charge in [0, 0.05) is 36.2 Å². The number of ether oxygens (including phenoxy) is 1. The number of carboxylic acid groups (broad SMARTS) is 1. The number of hydrogen-bond acceptors (Lipinski definition) is 4. The molecule has 1 amide bonds. The Morgan fingerprint density at radius 2 is 1.94 bits per heavy atom. The lowest BCUT2D eigenvalue weighted by atomic mass is 9.92. The van der Waals surface area contributed by atoms with E-state index in [1.54, 1.807) is 11.8 Å². The first-order valence-corrected chi connectivity index (χ1v) is 11.9. The van der Waals surface area contributed by atoms with Crippen molar-refractivity contribution in [2.24, 2.45) is 11.3 Å². The molecule has 6 heteroatoms. The van der Waals surface area contributed by atoms with Gasteiger partial charge < -0.3 is 14.7 Å². The molecule has 1 aliphatic heterocycles. The normalized spacial score (nSPS) is 22.6. The molecule has 2 heterocycles. The van der Waals surface area contributed by atoms with Crippen molar-refractivity contribution in [3.63, 3.8) is 0 Å². The van der Waals surface area contributed by atoms with Gasteiger partial charge in [0.2, 0.25) is 0 Å². The van der Waals surface area contributed by atoms with Crippen LogP contribution in [0.2, 0.25) is 0 Å². The molecule has 1 N–H and O–H groups in total. The van der Waals surface area contributed by atoms with E-state index < -0.39 is 12.1 Å². The van der Waals surface area contributed by atoms with E-state index in [2.05, 4.69) is 37.0 Å². The summed E-state index contributed by atoms with van der Waals surface area (Å²) in [6.07, 6.45) is 3.53. The van der Waals surface area contributed by atoms with Crippen molar-refractivity contribution in [1.29, 1.82) is 0 Å². The van der Waals surface area contributed by atoms with Crippen LogP contribution in [-0.2, 0) is 9.59 Å². The molecule has 5 rings (SSSR count). The summed E-state index contributed by atoms with van der Waals surface area (Å²) in [7, 11) is 0. The number of pyridine rings is 1. The number of aliphatic carboxylic acids is 1. The summed E-state index contributed by atoms with van der Waals surface area (Å²) >= 11 is 0. The number of carboxylic acids is 1. The number of piperidine rings is 1. The highest BCUT2D eigenvalue weighted by molar-refractivity contribution is 5.96. The molecule has 3 atom stereocenters. The number of carbonyl (C=O) groups is 2. The van der Waals surface area contributed by atoms with Crippen LogP contribution in [0.4, 0.5) is 0 Å². The molecular weight excluding hydrogens is 428 g/mol. The molecule has 0 bridgehead atoms. The Morgan fingerprint density at radius 3 is 2.65 bits per heavy atom. The predicted molar refractivity (Wildman–Crippen MR) is 131 cm³/mol. The Hall–Kier alpha value is -3.41. The smallest absolute Gasteiger partial charge is 0.307 e. The zero-order chi connectivity index (χ0) is 24.0. The summed E-state index contributed by atoms with van der Waals surface area (Å²) in [5.41, 5.74) is 5.35. The molecular formula is C28H30N2O4. The van der Waals surface area contributed by atoms with E-state index >= 15 is 0 Å². The van der Waals surface area contributed by atoms with Crippen molar-refractivity contribution >= 4 is 22.8 Å². The number of nitrogens with zero attached hydrogens (tertiary/aromatic N) is 2. The van der Waals surface area contributed by atoms with Gasteiger partial charge in [-0.1, -0.05) is 18.2 Å². The SMILES string of the molecule is Cc1cccc(C)c1-c1ccnc2cc(OC(C)C(=O)N3CCCC4(CC4C(=O)O)C3)ccc12. The Bertz CT molecular complexity index is 1270. The lowest BCUT2D eigenvalue weighted by Crippen LogP contribution is -2.47. The number of aryl methyl sites for hydroxylation is 2.